The van der Waals surface area contributed by atoms with Gasteiger partial charge in [-0.05, 0) is 40.5 Å². The first-order chi connectivity index (χ1) is 9.31. The Bertz CT molecular complexity index is 549. The summed E-state index contributed by atoms with van der Waals surface area (Å²) in [4.78, 5) is 33.4. The van der Waals surface area contributed by atoms with E-state index in [1.807, 2.05) is 0 Å². The molecule has 1 amide bonds. The molecule has 0 saturated heterocycles. The Morgan fingerprint density at radius 2 is 1.95 bits per heavy atom. The Kier molecular flexibility index (Phi) is 5.97. The van der Waals surface area contributed by atoms with Gasteiger partial charge >= 0.3 is 11.9 Å². The number of amides is 1. The van der Waals surface area contributed by atoms with Gasteiger partial charge in [0.25, 0.3) is 5.91 Å². The zero-order valence-corrected chi connectivity index (χ0v) is 12.4. The molecule has 1 unspecified atom stereocenters. The van der Waals surface area contributed by atoms with Crippen molar-refractivity contribution in [3.63, 3.8) is 0 Å². The summed E-state index contributed by atoms with van der Waals surface area (Å²) in [5, 5.41) is 20.1. The predicted octanol–water partition coefficient (Wildman–Crippen LogP) is 2.15. The van der Waals surface area contributed by atoms with Crippen LogP contribution >= 0.6 is 27.5 Å². The summed E-state index contributed by atoms with van der Waals surface area (Å²) < 4.78 is 0.460. The summed E-state index contributed by atoms with van der Waals surface area (Å²) in [7, 11) is 0. The van der Waals surface area contributed by atoms with E-state index in [9.17, 15) is 14.4 Å². The van der Waals surface area contributed by atoms with Crippen molar-refractivity contribution in [3.05, 3.63) is 33.3 Å². The number of benzene rings is 1. The Morgan fingerprint density at radius 3 is 2.50 bits per heavy atom. The van der Waals surface area contributed by atoms with Gasteiger partial charge in [-0.15, -0.1) is 0 Å². The van der Waals surface area contributed by atoms with Crippen LogP contribution in [0, 0.1) is 0 Å². The van der Waals surface area contributed by atoms with Crippen LogP contribution in [0.3, 0.4) is 0 Å². The minimum atomic E-state index is -1.29. The molecule has 1 rings (SSSR count). The Balaban J connectivity index is 2.82. The van der Waals surface area contributed by atoms with Gasteiger partial charge in [-0.3, -0.25) is 9.59 Å². The van der Waals surface area contributed by atoms with Gasteiger partial charge in [-0.1, -0.05) is 11.6 Å². The molecular formula is C12H11BrClNO5. The summed E-state index contributed by atoms with van der Waals surface area (Å²) in [5.41, 5.74) is 0.180. The van der Waals surface area contributed by atoms with Crippen LogP contribution in [0.4, 0.5) is 0 Å². The van der Waals surface area contributed by atoms with Crippen LogP contribution in [0.1, 0.15) is 23.2 Å². The summed E-state index contributed by atoms with van der Waals surface area (Å²) in [6.07, 6.45) is -0.553. The van der Waals surface area contributed by atoms with E-state index < -0.39 is 23.9 Å². The molecule has 6 nitrogen and oxygen atoms in total. The highest BCUT2D eigenvalue weighted by Gasteiger charge is 2.22. The number of aliphatic carboxylic acids is 2. The van der Waals surface area contributed by atoms with E-state index in [4.69, 9.17) is 21.8 Å². The number of nitrogens with one attached hydrogen (secondary N) is 1. The van der Waals surface area contributed by atoms with E-state index >= 15 is 0 Å². The molecule has 0 aliphatic rings. The van der Waals surface area contributed by atoms with Gasteiger partial charge in [0.2, 0.25) is 0 Å². The largest absolute Gasteiger partial charge is 0.481 e. The van der Waals surface area contributed by atoms with Gasteiger partial charge in [0.05, 0.1) is 5.56 Å². The van der Waals surface area contributed by atoms with Crippen LogP contribution in [0.15, 0.2) is 22.7 Å². The maximum Gasteiger partial charge on any atom is 0.326 e. The average Bonchev–Trinajstić information content (AvgIpc) is 2.36. The van der Waals surface area contributed by atoms with E-state index in [-0.39, 0.29) is 18.4 Å². The normalized spacial score (nSPS) is 11.7. The third-order valence-electron chi connectivity index (χ3n) is 2.42. The number of halogens is 2. The van der Waals surface area contributed by atoms with Gasteiger partial charge in [0, 0.05) is 15.9 Å². The maximum absolute atomic E-state index is 12.0. The average molecular weight is 365 g/mol. The molecule has 3 N–H and O–H groups in total. The first-order valence-electron chi connectivity index (χ1n) is 5.51. The van der Waals surface area contributed by atoms with E-state index in [0.717, 1.165) is 0 Å². The van der Waals surface area contributed by atoms with Crippen molar-refractivity contribution in [1.82, 2.24) is 5.32 Å². The van der Waals surface area contributed by atoms with Crippen LogP contribution in [-0.2, 0) is 9.59 Å². The van der Waals surface area contributed by atoms with Crippen LogP contribution in [-0.4, -0.2) is 34.1 Å². The zero-order valence-electron chi connectivity index (χ0n) is 10.1. The number of rotatable bonds is 6. The molecule has 0 saturated carbocycles. The van der Waals surface area contributed by atoms with E-state index in [1.165, 1.54) is 6.07 Å². The van der Waals surface area contributed by atoms with Crippen molar-refractivity contribution >= 4 is 45.4 Å². The Hall–Kier alpha value is -1.60. The van der Waals surface area contributed by atoms with Crippen molar-refractivity contribution in [3.8, 4) is 0 Å². The molecule has 0 aromatic heterocycles. The lowest BCUT2D eigenvalue weighted by Gasteiger charge is -2.14. The van der Waals surface area contributed by atoms with Gasteiger partial charge in [0.1, 0.15) is 6.04 Å². The smallest absolute Gasteiger partial charge is 0.326 e. The molecule has 0 radical (unpaired) electrons. The van der Waals surface area contributed by atoms with Crippen molar-refractivity contribution < 1.29 is 24.6 Å². The fraction of sp³-hybridized carbons (Fsp3) is 0.250. The van der Waals surface area contributed by atoms with Crippen LogP contribution in [0.25, 0.3) is 0 Å². The standard InChI is InChI=1S/C12H11BrClNO5/c13-8-2-1-6(14)5-7(8)11(18)15-9(12(19)20)3-4-10(16)17/h1-2,5,9H,3-4H2,(H,15,18)(H,16,17)(H,19,20). The van der Waals surface area contributed by atoms with Crippen molar-refractivity contribution in [2.24, 2.45) is 0 Å². The van der Waals surface area contributed by atoms with Crippen molar-refractivity contribution in [2.45, 2.75) is 18.9 Å². The first-order valence-corrected chi connectivity index (χ1v) is 6.69. The third kappa shape index (κ3) is 4.82. The SMILES string of the molecule is O=C(O)CCC(NC(=O)c1cc(Cl)ccc1Br)C(=O)O. The molecule has 0 bridgehead atoms. The number of carboxylic acid groups (broad SMARTS) is 2. The molecule has 1 aromatic rings. The quantitative estimate of drug-likeness (QED) is 0.717. The number of carbonyl (C=O) groups excluding carboxylic acids is 1. The maximum atomic E-state index is 12.0. The highest BCUT2D eigenvalue weighted by Crippen LogP contribution is 2.21. The fourth-order valence-electron chi connectivity index (χ4n) is 1.43. The van der Waals surface area contributed by atoms with Gasteiger partial charge in [-0.2, -0.15) is 0 Å². The molecular weight excluding hydrogens is 353 g/mol. The lowest BCUT2D eigenvalue weighted by molar-refractivity contribution is -0.140. The second-order valence-corrected chi connectivity index (χ2v) is 5.21. The summed E-state index contributed by atoms with van der Waals surface area (Å²) >= 11 is 8.93. The molecule has 0 aliphatic heterocycles. The Morgan fingerprint density at radius 1 is 1.30 bits per heavy atom. The van der Waals surface area contributed by atoms with Crippen LogP contribution in [0.2, 0.25) is 5.02 Å². The van der Waals surface area contributed by atoms with Gasteiger partial charge in [0.15, 0.2) is 0 Å². The molecule has 0 heterocycles. The fourth-order valence-corrected chi connectivity index (χ4v) is 2.03. The van der Waals surface area contributed by atoms with Crippen LogP contribution in [0.5, 0.6) is 0 Å². The number of hydrogen-bond donors (Lipinski definition) is 3. The van der Waals surface area contributed by atoms with E-state index in [1.54, 1.807) is 12.1 Å². The van der Waals surface area contributed by atoms with Crippen molar-refractivity contribution in [1.29, 1.82) is 0 Å². The minimum Gasteiger partial charge on any atom is -0.481 e. The predicted molar refractivity (Wildman–Crippen MR) is 74.9 cm³/mol. The molecule has 0 fully saturated rings. The van der Waals surface area contributed by atoms with E-state index in [2.05, 4.69) is 21.2 Å². The summed E-state index contributed by atoms with van der Waals surface area (Å²) in [6.45, 7) is 0. The number of carboxylic acids is 2. The highest BCUT2D eigenvalue weighted by atomic mass is 79.9. The minimum absolute atomic E-state index is 0.180. The molecule has 1 aromatic carbocycles. The second kappa shape index (κ2) is 7.25. The topological polar surface area (TPSA) is 104 Å². The molecule has 20 heavy (non-hydrogen) atoms. The number of carbonyl (C=O) groups is 3. The molecule has 0 aliphatic carbocycles. The second-order valence-electron chi connectivity index (χ2n) is 3.92. The lowest BCUT2D eigenvalue weighted by atomic mass is 10.1. The molecule has 0 spiro atoms. The summed E-state index contributed by atoms with van der Waals surface area (Å²) in [5.74, 6) is -3.07. The zero-order chi connectivity index (χ0) is 15.3. The number of hydrogen-bond acceptors (Lipinski definition) is 3. The Labute approximate surface area is 127 Å². The molecule has 1 atom stereocenters. The third-order valence-corrected chi connectivity index (χ3v) is 3.35. The van der Waals surface area contributed by atoms with Crippen molar-refractivity contribution in [2.75, 3.05) is 0 Å². The first kappa shape index (κ1) is 16.5. The van der Waals surface area contributed by atoms with E-state index in [0.29, 0.717) is 9.50 Å². The summed E-state index contributed by atoms with van der Waals surface area (Å²) in [6, 6.07) is 3.24. The molecule has 8 heteroatoms. The monoisotopic (exact) mass is 363 g/mol. The van der Waals surface area contributed by atoms with Gasteiger partial charge in [-0.25, -0.2) is 4.79 Å². The van der Waals surface area contributed by atoms with Gasteiger partial charge < -0.3 is 15.5 Å². The van der Waals surface area contributed by atoms with Crippen LogP contribution < -0.4 is 5.32 Å². The highest BCUT2D eigenvalue weighted by molar-refractivity contribution is 9.10. The molecule has 108 valence electrons. The lowest BCUT2D eigenvalue weighted by Crippen LogP contribution is -2.41.